The average Bonchev–Trinajstić information content (AvgIpc) is 2.87. The second kappa shape index (κ2) is 6.17. The van der Waals surface area contributed by atoms with E-state index in [1.807, 2.05) is 30.3 Å². The molecule has 3 rings (SSSR count). The third-order valence-corrected chi connectivity index (χ3v) is 3.04. The number of ether oxygens (including phenoxy) is 1. The Morgan fingerprint density at radius 2 is 2.00 bits per heavy atom. The number of para-hydroxylation sites is 1. The summed E-state index contributed by atoms with van der Waals surface area (Å²) in [5.41, 5.74) is 1.59. The van der Waals surface area contributed by atoms with Crippen molar-refractivity contribution in [3.63, 3.8) is 0 Å². The number of anilines is 1. The molecule has 0 fully saturated rings. The highest BCUT2D eigenvalue weighted by Gasteiger charge is 2.06. The normalized spacial score (nSPS) is 10.5. The zero-order chi connectivity index (χ0) is 15.4. The highest BCUT2D eigenvalue weighted by molar-refractivity contribution is 5.92. The van der Waals surface area contributed by atoms with E-state index in [2.05, 4.69) is 10.3 Å². The van der Waals surface area contributed by atoms with Crippen molar-refractivity contribution in [3.8, 4) is 5.75 Å². The maximum Gasteiger partial charge on any atom is 0.417 e. The predicted molar refractivity (Wildman–Crippen MR) is 82.0 cm³/mol. The average molecular weight is 298 g/mol. The zero-order valence-corrected chi connectivity index (χ0v) is 11.7. The number of hydrogen-bond donors (Lipinski definition) is 2. The molecule has 0 radical (unpaired) electrons. The van der Waals surface area contributed by atoms with Crippen LogP contribution in [0.3, 0.4) is 0 Å². The number of carbonyl (C=O) groups excluding carboxylic acids is 1. The van der Waals surface area contributed by atoms with E-state index < -0.39 is 5.76 Å². The van der Waals surface area contributed by atoms with Gasteiger partial charge in [0.15, 0.2) is 5.58 Å². The first-order valence-corrected chi connectivity index (χ1v) is 6.81. The Kier molecular flexibility index (Phi) is 3.91. The number of benzene rings is 2. The third kappa shape index (κ3) is 3.35. The summed E-state index contributed by atoms with van der Waals surface area (Å²) in [6.45, 7) is 0.292. The Labute approximate surface area is 125 Å². The molecule has 0 bridgehead atoms. The Morgan fingerprint density at radius 3 is 2.82 bits per heavy atom. The molecule has 0 aliphatic carbocycles. The molecule has 3 aromatic rings. The number of amides is 1. The molecular weight excluding hydrogens is 284 g/mol. The molecule has 0 aliphatic heterocycles. The van der Waals surface area contributed by atoms with Crippen molar-refractivity contribution >= 4 is 22.7 Å². The quantitative estimate of drug-likeness (QED) is 0.758. The summed E-state index contributed by atoms with van der Waals surface area (Å²) >= 11 is 0. The fraction of sp³-hybridized carbons (Fsp3) is 0.125. The smallest absolute Gasteiger partial charge is 0.417 e. The minimum absolute atomic E-state index is 0.166. The monoisotopic (exact) mass is 298 g/mol. The largest absolute Gasteiger partial charge is 0.493 e. The molecule has 0 atom stereocenters. The van der Waals surface area contributed by atoms with Gasteiger partial charge in [-0.25, -0.2) is 4.79 Å². The summed E-state index contributed by atoms with van der Waals surface area (Å²) in [7, 11) is 0. The fourth-order valence-electron chi connectivity index (χ4n) is 2.03. The molecule has 22 heavy (non-hydrogen) atoms. The maximum atomic E-state index is 11.9. The molecule has 0 spiro atoms. The van der Waals surface area contributed by atoms with Gasteiger partial charge in [0, 0.05) is 5.69 Å². The summed E-state index contributed by atoms with van der Waals surface area (Å²) < 4.78 is 10.4. The Bertz CT molecular complexity index is 836. The molecule has 2 aromatic carbocycles. The Morgan fingerprint density at radius 1 is 1.18 bits per heavy atom. The maximum absolute atomic E-state index is 11.9. The van der Waals surface area contributed by atoms with Gasteiger partial charge in [0.1, 0.15) is 5.75 Å². The van der Waals surface area contributed by atoms with Crippen molar-refractivity contribution in [2.75, 3.05) is 11.9 Å². The van der Waals surface area contributed by atoms with Crippen molar-refractivity contribution in [1.82, 2.24) is 4.98 Å². The van der Waals surface area contributed by atoms with Crippen LogP contribution in [0.25, 0.3) is 11.1 Å². The second-order valence-corrected chi connectivity index (χ2v) is 4.69. The zero-order valence-electron chi connectivity index (χ0n) is 11.7. The third-order valence-electron chi connectivity index (χ3n) is 3.04. The lowest BCUT2D eigenvalue weighted by Gasteiger charge is -2.07. The van der Waals surface area contributed by atoms with Crippen LogP contribution < -0.4 is 15.8 Å². The van der Waals surface area contributed by atoms with E-state index in [0.29, 0.717) is 23.4 Å². The van der Waals surface area contributed by atoms with E-state index >= 15 is 0 Å². The van der Waals surface area contributed by atoms with E-state index in [1.54, 1.807) is 18.2 Å². The molecule has 112 valence electrons. The molecule has 1 amide bonds. The van der Waals surface area contributed by atoms with E-state index in [9.17, 15) is 9.59 Å². The molecule has 0 unspecified atom stereocenters. The lowest BCUT2D eigenvalue weighted by molar-refractivity contribution is -0.116. The van der Waals surface area contributed by atoms with Gasteiger partial charge in [0.25, 0.3) is 0 Å². The van der Waals surface area contributed by atoms with Crippen LogP contribution in [0.4, 0.5) is 5.69 Å². The molecule has 6 heteroatoms. The number of H-pyrrole nitrogens is 1. The molecule has 6 nitrogen and oxygen atoms in total. The molecular formula is C16H14N2O4. The van der Waals surface area contributed by atoms with Crippen LogP contribution in [0.2, 0.25) is 0 Å². The van der Waals surface area contributed by atoms with E-state index in [0.717, 1.165) is 5.75 Å². The summed E-state index contributed by atoms with van der Waals surface area (Å²) in [6, 6.07) is 14.3. The standard InChI is InChI=1S/C16H14N2O4/c19-15(8-9-21-12-4-2-1-3-5-12)17-11-6-7-14-13(10-11)18-16(20)22-14/h1-7,10H,8-9H2,(H,17,19)(H,18,20). The van der Waals surface area contributed by atoms with Gasteiger partial charge in [-0.15, -0.1) is 0 Å². The molecule has 1 heterocycles. The van der Waals surface area contributed by atoms with Gasteiger partial charge in [-0.2, -0.15) is 0 Å². The summed E-state index contributed by atoms with van der Waals surface area (Å²) in [4.78, 5) is 25.5. The van der Waals surface area contributed by atoms with Gasteiger partial charge in [-0.1, -0.05) is 18.2 Å². The van der Waals surface area contributed by atoms with E-state index in [-0.39, 0.29) is 12.3 Å². The number of oxazole rings is 1. The van der Waals surface area contributed by atoms with Crippen LogP contribution in [0.15, 0.2) is 57.7 Å². The van der Waals surface area contributed by atoms with Crippen molar-refractivity contribution in [2.24, 2.45) is 0 Å². The van der Waals surface area contributed by atoms with Crippen molar-refractivity contribution in [2.45, 2.75) is 6.42 Å². The first-order chi connectivity index (χ1) is 10.7. The predicted octanol–water partition coefficient (Wildman–Crippen LogP) is 2.53. The number of aromatic nitrogens is 1. The SMILES string of the molecule is O=C(CCOc1ccccc1)Nc1ccc2oc(=O)[nH]c2c1. The van der Waals surface area contributed by atoms with Crippen LogP contribution >= 0.6 is 0 Å². The minimum atomic E-state index is -0.519. The first kappa shape index (κ1) is 13.9. The number of carbonyl (C=O) groups is 1. The number of hydrogen-bond acceptors (Lipinski definition) is 4. The van der Waals surface area contributed by atoms with Crippen molar-refractivity contribution in [3.05, 3.63) is 59.1 Å². The summed E-state index contributed by atoms with van der Waals surface area (Å²) in [6.07, 6.45) is 0.231. The lowest BCUT2D eigenvalue weighted by atomic mass is 10.2. The number of rotatable bonds is 5. The molecule has 0 saturated carbocycles. The van der Waals surface area contributed by atoms with Crippen molar-refractivity contribution < 1.29 is 13.9 Å². The van der Waals surface area contributed by atoms with Gasteiger partial charge < -0.3 is 14.5 Å². The summed E-state index contributed by atoms with van der Waals surface area (Å²) in [5.74, 6) is 0.0450. The first-order valence-electron chi connectivity index (χ1n) is 6.81. The minimum Gasteiger partial charge on any atom is -0.493 e. The van der Waals surface area contributed by atoms with Crippen LogP contribution in [0, 0.1) is 0 Å². The van der Waals surface area contributed by atoms with Gasteiger partial charge in [0.05, 0.1) is 18.5 Å². The van der Waals surface area contributed by atoms with Crippen molar-refractivity contribution in [1.29, 1.82) is 0 Å². The Hall–Kier alpha value is -3.02. The fourth-order valence-corrected chi connectivity index (χ4v) is 2.03. The Balaban J connectivity index is 1.55. The highest BCUT2D eigenvalue weighted by atomic mass is 16.5. The second-order valence-electron chi connectivity index (χ2n) is 4.69. The van der Waals surface area contributed by atoms with Crippen LogP contribution in [-0.4, -0.2) is 17.5 Å². The number of fused-ring (bicyclic) bond motifs is 1. The van der Waals surface area contributed by atoms with Gasteiger partial charge in [-0.05, 0) is 30.3 Å². The van der Waals surface area contributed by atoms with Gasteiger partial charge >= 0.3 is 5.76 Å². The lowest BCUT2D eigenvalue weighted by Crippen LogP contribution is -2.15. The van der Waals surface area contributed by atoms with Crippen LogP contribution in [0.5, 0.6) is 5.75 Å². The number of nitrogens with one attached hydrogen (secondary N) is 2. The van der Waals surface area contributed by atoms with Crippen LogP contribution in [0.1, 0.15) is 6.42 Å². The van der Waals surface area contributed by atoms with E-state index in [4.69, 9.17) is 9.15 Å². The highest BCUT2D eigenvalue weighted by Crippen LogP contribution is 2.16. The van der Waals surface area contributed by atoms with Gasteiger partial charge in [-0.3, -0.25) is 9.78 Å². The molecule has 0 saturated heterocycles. The van der Waals surface area contributed by atoms with E-state index in [1.165, 1.54) is 0 Å². The summed E-state index contributed by atoms with van der Waals surface area (Å²) in [5, 5.41) is 2.75. The van der Waals surface area contributed by atoms with Crippen LogP contribution in [-0.2, 0) is 4.79 Å². The van der Waals surface area contributed by atoms with Gasteiger partial charge in [0.2, 0.25) is 5.91 Å². The molecule has 0 aliphatic rings. The molecule has 2 N–H and O–H groups in total. The topological polar surface area (TPSA) is 84.3 Å². The molecule has 1 aromatic heterocycles. The number of aromatic amines is 1.